The fourth-order valence-electron chi connectivity index (χ4n) is 0.496. The summed E-state index contributed by atoms with van der Waals surface area (Å²) < 4.78 is 35.4. The van der Waals surface area contributed by atoms with E-state index in [0.717, 1.165) is 6.20 Å². The van der Waals surface area contributed by atoms with Crippen LogP contribution in [0.4, 0.5) is 19.0 Å². The predicted molar refractivity (Wildman–Crippen MR) is 42.9 cm³/mol. The molecule has 0 saturated heterocycles. The Labute approximate surface area is 80.3 Å². The van der Waals surface area contributed by atoms with Gasteiger partial charge in [-0.1, -0.05) is 0 Å². The second-order valence-corrected chi connectivity index (χ2v) is 2.63. The summed E-state index contributed by atoms with van der Waals surface area (Å²) >= 11 is 2.80. The SMILES string of the molecule is Cl.Nc1nn(C(F)(F)F)cc1Br. The lowest BCUT2D eigenvalue weighted by Crippen LogP contribution is -2.17. The van der Waals surface area contributed by atoms with Crippen molar-refractivity contribution in [1.82, 2.24) is 9.78 Å². The van der Waals surface area contributed by atoms with Crippen LogP contribution in [0.25, 0.3) is 0 Å². The molecule has 0 saturated carbocycles. The largest absolute Gasteiger partial charge is 0.504 e. The monoisotopic (exact) mass is 265 g/mol. The van der Waals surface area contributed by atoms with Crippen LogP contribution in [-0.4, -0.2) is 9.78 Å². The van der Waals surface area contributed by atoms with Gasteiger partial charge >= 0.3 is 6.30 Å². The van der Waals surface area contributed by atoms with Crippen LogP contribution in [0.3, 0.4) is 0 Å². The summed E-state index contributed by atoms with van der Waals surface area (Å²) in [6, 6.07) is 0. The van der Waals surface area contributed by atoms with Gasteiger partial charge in [0.1, 0.15) is 0 Å². The fraction of sp³-hybridized carbons (Fsp3) is 0.250. The molecule has 0 fully saturated rings. The first-order valence-electron chi connectivity index (χ1n) is 2.49. The maximum Gasteiger partial charge on any atom is 0.504 e. The van der Waals surface area contributed by atoms with Crippen LogP contribution in [0.2, 0.25) is 0 Å². The number of rotatable bonds is 0. The first kappa shape index (κ1) is 11.6. The van der Waals surface area contributed by atoms with Crippen molar-refractivity contribution in [3.8, 4) is 0 Å². The summed E-state index contributed by atoms with van der Waals surface area (Å²) in [7, 11) is 0. The topological polar surface area (TPSA) is 43.8 Å². The van der Waals surface area contributed by atoms with E-state index >= 15 is 0 Å². The van der Waals surface area contributed by atoms with E-state index in [9.17, 15) is 13.2 Å². The molecule has 0 aromatic carbocycles. The number of nitrogens with two attached hydrogens (primary N) is 1. The van der Waals surface area contributed by atoms with Gasteiger partial charge in [0.05, 0.1) is 10.7 Å². The standard InChI is InChI=1S/C4H3BrF3N3.ClH/c5-2-1-11(4(6,7)8)10-3(2)9;/h1H,(H2,9,10);1H. The van der Waals surface area contributed by atoms with Crippen LogP contribution in [0.1, 0.15) is 0 Å². The molecule has 1 aromatic rings. The number of halogens is 5. The van der Waals surface area contributed by atoms with E-state index in [4.69, 9.17) is 5.73 Å². The molecule has 0 atom stereocenters. The van der Waals surface area contributed by atoms with Gasteiger partial charge in [-0.05, 0) is 15.9 Å². The van der Waals surface area contributed by atoms with E-state index in [2.05, 4.69) is 21.0 Å². The first-order chi connectivity index (χ1) is 4.91. The van der Waals surface area contributed by atoms with E-state index < -0.39 is 6.30 Å². The summed E-state index contributed by atoms with van der Waals surface area (Å²) in [6.07, 6.45) is -3.74. The molecule has 2 N–H and O–H groups in total. The smallest absolute Gasteiger partial charge is 0.381 e. The third-order valence-electron chi connectivity index (χ3n) is 0.956. The highest BCUT2D eigenvalue weighted by Gasteiger charge is 2.32. The van der Waals surface area contributed by atoms with Crippen molar-refractivity contribution in [2.75, 3.05) is 5.73 Å². The number of anilines is 1. The lowest BCUT2D eigenvalue weighted by Gasteiger charge is -2.03. The number of alkyl halides is 3. The third-order valence-corrected chi connectivity index (χ3v) is 1.57. The van der Waals surface area contributed by atoms with Crippen molar-refractivity contribution in [1.29, 1.82) is 0 Å². The molecular weight excluding hydrogens is 262 g/mol. The van der Waals surface area contributed by atoms with Crippen LogP contribution < -0.4 is 5.73 Å². The van der Waals surface area contributed by atoms with Gasteiger partial charge < -0.3 is 5.73 Å². The molecule has 12 heavy (non-hydrogen) atoms. The average molecular weight is 266 g/mol. The Balaban J connectivity index is 0.00000121. The zero-order valence-corrected chi connectivity index (χ0v) is 7.87. The highest BCUT2D eigenvalue weighted by atomic mass is 79.9. The molecular formula is C4H4BrClF3N3. The van der Waals surface area contributed by atoms with Crippen LogP contribution >= 0.6 is 28.3 Å². The average Bonchev–Trinajstić information content (AvgIpc) is 2.11. The van der Waals surface area contributed by atoms with Gasteiger partial charge in [-0.3, -0.25) is 0 Å². The van der Waals surface area contributed by atoms with Gasteiger partial charge in [0.25, 0.3) is 0 Å². The van der Waals surface area contributed by atoms with Crippen molar-refractivity contribution >= 4 is 34.2 Å². The highest BCUT2D eigenvalue weighted by molar-refractivity contribution is 9.10. The molecule has 0 aliphatic heterocycles. The molecule has 0 amide bonds. The molecule has 70 valence electrons. The van der Waals surface area contributed by atoms with Crippen molar-refractivity contribution in [2.45, 2.75) is 6.30 Å². The summed E-state index contributed by atoms with van der Waals surface area (Å²) in [5.41, 5.74) is 5.06. The number of nitrogens with zero attached hydrogens (tertiary/aromatic N) is 2. The van der Waals surface area contributed by atoms with Gasteiger partial charge in [0, 0.05) is 0 Å². The van der Waals surface area contributed by atoms with Crippen LogP contribution in [0, 0.1) is 0 Å². The summed E-state index contributed by atoms with van der Waals surface area (Å²) in [6.45, 7) is 0. The first-order valence-corrected chi connectivity index (χ1v) is 3.28. The molecule has 0 bridgehead atoms. The second kappa shape index (κ2) is 3.53. The molecule has 1 rings (SSSR count). The predicted octanol–water partition coefficient (Wildman–Crippen LogP) is 2.13. The normalized spacial score (nSPS) is 11.0. The molecule has 1 aromatic heterocycles. The minimum Gasteiger partial charge on any atom is -0.381 e. The van der Waals surface area contributed by atoms with Gasteiger partial charge in [-0.25, -0.2) is 0 Å². The number of hydrogen-bond donors (Lipinski definition) is 1. The molecule has 1 heterocycles. The maximum absolute atomic E-state index is 11.8. The summed E-state index contributed by atoms with van der Waals surface area (Å²) in [4.78, 5) is 0. The number of aromatic nitrogens is 2. The molecule has 0 aliphatic rings. The van der Waals surface area contributed by atoms with E-state index in [-0.39, 0.29) is 27.4 Å². The van der Waals surface area contributed by atoms with Crippen molar-refractivity contribution in [3.63, 3.8) is 0 Å². The molecule has 8 heteroatoms. The minimum absolute atomic E-state index is 0. The molecule has 0 spiro atoms. The Kier molecular flexibility index (Phi) is 3.40. The lowest BCUT2D eigenvalue weighted by atomic mass is 10.7. The van der Waals surface area contributed by atoms with Gasteiger partial charge in [-0.15, -0.1) is 30.7 Å². The van der Waals surface area contributed by atoms with Crippen molar-refractivity contribution in [3.05, 3.63) is 10.7 Å². The minimum atomic E-state index is -4.50. The van der Waals surface area contributed by atoms with E-state index in [1.807, 2.05) is 0 Å². The molecule has 0 unspecified atom stereocenters. The third kappa shape index (κ3) is 2.28. The molecule has 0 aliphatic carbocycles. The quantitative estimate of drug-likeness (QED) is 0.782. The Morgan fingerprint density at radius 2 is 2.00 bits per heavy atom. The Hall–Kier alpha value is -0.430. The number of nitrogen functional groups attached to an aromatic ring is 1. The maximum atomic E-state index is 11.8. The van der Waals surface area contributed by atoms with E-state index in [1.54, 1.807) is 0 Å². The molecule has 3 nitrogen and oxygen atoms in total. The zero-order chi connectivity index (χ0) is 8.65. The van der Waals surface area contributed by atoms with Crippen LogP contribution in [0.5, 0.6) is 0 Å². The van der Waals surface area contributed by atoms with Gasteiger partial charge in [-0.2, -0.15) is 4.68 Å². The summed E-state index contributed by atoms with van der Waals surface area (Å²) in [5.74, 6) is -0.178. The second-order valence-electron chi connectivity index (χ2n) is 1.77. The van der Waals surface area contributed by atoms with E-state index in [0.29, 0.717) is 0 Å². The van der Waals surface area contributed by atoms with Crippen LogP contribution in [0.15, 0.2) is 10.7 Å². The zero-order valence-electron chi connectivity index (χ0n) is 5.47. The molecule has 0 radical (unpaired) electrons. The summed E-state index contributed by atoms with van der Waals surface area (Å²) in [5, 5.41) is 3.00. The highest BCUT2D eigenvalue weighted by Crippen LogP contribution is 2.25. The number of hydrogen-bond acceptors (Lipinski definition) is 2. The Morgan fingerprint density at radius 3 is 2.17 bits per heavy atom. The Bertz CT molecular complexity index is 252. The fourth-order valence-corrected chi connectivity index (χ4v) is 0.769. The lowest BCUT2D eigenvalue weighted by molar-refractivity contribution is -0.212. The van der Waals surface area contributed by atoms with Crippen LogP contribution in [-0.2, 0) is 6.30 Å². The van der Waals surface area contributed by atoms with Crippen molar-refractivity contribution < 1.29 is 13.2 Å². The van der Waals surface area contributed by atoms with Gasteiger partial charge in [0.2, 0.25) is 0 Å². The van der Waals surface area contributed by atoms with Gasteiger partial charge in [0.15, 0.2) is 5.82 Å². The van der Waals surface area contributed by atoms with E-state index in [1.165, 1.54) is 0 Å². The Morgan fingerprint density at radius 1 is 1.50 bits per heavy atom. The van der Waals surface area contributed by atoms with Crippen molar-refractivity contribution in [2.24, 2.45) is 0 Å².